The second kappa shape index (κ2) is 3.77. The van der Waals surface area contributed by atoms with Crippen molar-refractivity contribution in [1.29, 1.82) is 0 Å². The van der Waals surface area contributed by atoms with Crippen LogP contribution in [0.1, 0.15) is 25.0 Å². The van der Waals surface area contributed by atoms with Gasteiger partial charge in [0.15, 0.2) is 0 Å². The van der Waals surface area contributed by atoms with Crippen molar-refractivity contribution >= 4 is 0 Å². The normalized spacial score (nSPS) is 16.7. The molecule has 0 N–H and O–H groups in total. The van der Waals surface area contributed by atoms with Gasteiger partial charge in [-0.1, -0.05) is 6.42 Å². The van der Waals surface area contributed by atoms with E-state index in [0.29, 0.717) is 0 Å². The third-order valence-corrected chi connectivity index (χ3v) is 2.58. The van der Waals surface area contributed by atoms with Gasteiger partial charge in [0.2, 0.25) is 0 Å². The molecule has 1 heterocycles. The van der Waals surface area contributed by atoms with Gasteiger partial charge in [-0.25, -0.2) is 0 Å². The third-order valence-electron chi connectivity index (χ3n) is 2.58. The molecule has 1 aliphatic carbocycles. The average molecular weight is 177 g/mol. The molecule has 0 atom stereocenters. The first kappa shape index (κ1) is 8.54. The zero-order chi connectivity index (χ0) is 9.10. The highest BCUT2D eigenvalue weighted by Gasteiger charge is 2.17. The molecule has 1 saturated carbocycles. The molecule has 13 heavy (non-hydrogen) atoms. The fraction of sp³-hybridized carbons (Fsp3) is 0.545. The molecule has 70 valence electrons. The third kappa shape index (κ3) is 2.20. The lowest BCUT2D eigenvalue weighted by Crippen LogP contribution is -2.19. The van der Waals surface area contributed by atoms with Crippen molar-refractivity contribution in [3.8, 4) is 5.75 Å². The predicted molar refractivity (Wildman–Crippen MR) is 51.8 cm³/mol. The molecule has 0 aromatic carbocycles. The predicted octanol–water partition coefficient (Wildman–Crippen LogP) is 2.57. The summed E-state index contributed by atoms with van der Waals surface area (Å²) in [5.41, 5.74) is 1.02. The van der Waals surface area contributed by atoms with Gasteiger partial charge in [0.1, 0.15) is 5.75 Å². The molecule has 0 bridgehead atoms. The Hall–Kier alpha value is -1.05. The van der Waals surface area contributed by atoms with Crippen LogP contribution < -0.4 is 4.74 Å². The quantitative estimate of drug-likeness (QED) is 0.708. The van der Waals surface area contributed by atoms with Gasteiger partial charge in [-0.2, -0.15) is 0 Å². The fourth-order valence-corrected chi connectivity index (χ4v) is 1.48. The average Bonchev–Trinajstić information content (AvgIpc) is 2.01. The van der Waals surface area contributed by atoms with E-state index in [1.807, 2.05) is 19.1 Å². The van der Waals surface area contributed by atoms with Crippen LogP contribution in [-0.4, -0.2) is 11.6 Å². The summed E-state index contributed by atoms with van der Waals surface area (Å²) in [6, 6.07) is 3.91. The first-order valence-electron chi connectivity index (χ1n) is 4.90. The van der Waals surface area contributed by atoms with E-state index in [1.165, 1.54) is 19.3 Å². The summed E-state index contributed by atoms with van der Waals surface area (Å²) in [5, 5.41) is 0. The first-order valence-corrected chi connectivity index (χ1v) is 4.90. The summed E-state index contributed by atoms with van der Waals surface area (Å²) in [5.74, 6) is 1.76. The first-order chi connectivity index (χ1) is 6.34. The molecular weight excluding hydrogens is 162 g/mol. The van der Waals surface area contributed by atoms with Crippen molar-refractivity contribution in [3.63, 3.8) is 0 Å². The van der Waals surface area contributed by atoms with Crippen LogP contribution in [0.15, 0.2) is 18.3 Å². The van der Waals surface area contributed by atoms with Gasteiger partial charge >= 0.3 is 0 Å². The molecular formula is C11H15NO. The Morgan fingerprint density at radius 3 is 3.00 bits per heavy atom. The van der Waals surface area contributed by atoms with E-state index >= 15 is 0 Å². The molecule has 0 amide bonds. The Labute approximate surface area is 78.9 Å². The Morgan fingerprint density at radius 1 is 1.54 bits per heavy atom. The largest absolute Gasteiger partial charge is 0.493 e. The summed E-state index contributed by atoms with van der Waals surface area (Å²) in [7, 11) is 0. The highest BCUT2D eigenvalue weighted by molar-refractivity contribution is 5.21. The molecule has 0 radical (unpaired) electrons. The van der Waals surface area contributed by atoms with Crippen LogP contribution in [-0.2, 0) is 0 Å². The number of nitrogens with zero attached hydrogens (tertiary/aromatic N) is 1. The van der Waals surface area contributed by atoms with Crippen LogP contribution in [0.5, 0.6) is 5.75 Å². The summed E-state index contributed by atoms with van der Waals surface area (Å²) in [6.07, 6.45) is 5.85. The van der Waals surface area contributed by atoms with Crippen LogP contribution in [0.3, 0.4) is 0 Å². The van der Waals surface area contributed by atoms with E-state index in [-0.39, 0.29) is 0 Å². The van der Waals surface area contributed by atoms with E-state index in [4.69, 9.17) is 4.74 Å². The van der Waals surface area contributed by atoms with Crippen LogP contribution in [0.2, 0.25) is 0 Å². The molecule has 2 nitrogen and oxygen atoms in total. The molecule has 2 rings (SSSR count). The highest BCUT2D eigenvalue weighted by Crippen LogP contribution is 2.26. The molecule has 0 unspecified atom stereocenters. The van der Waals surface area contributed by atoms with Crippen LogP contribution in [0.4, 0.5) is 0 Å². The minimum absolute atomic E-state index is 0.800. The molecule has 0 aliphatic heterocycles. The van der Waals surface area contributed by atoms with E-state index in [2.05, 4.69) is 4.98 Å². The van der Waals surface area contributed by atoms with E-state index in [1.54, 1.807) is 6.20 Å². The van der Waals surface area contributed by atoms with Gasteiger partial charge in [-0.05, 0) is 31.7 Å². The standard InChI is InChI=1S/C11H15NO/c1-9-7-11(5-6-12-9)13-8-10-3-2-4-10/h5-7,10H,2-4,8H2,1H3. The molecule has 1 aromatic rings. The van der Waals surface area contributed by atoms with Crippen LogP contribution in [0.25, 0.3) is 0 Å². The van der Waals surface area contributed by atoms with Gasteiger partial charge in [-0.15, -0.1) is 0 Å². The minimum Gasteiger partial charge on any atom is -0.493 e. The Kier molecular flexibility index (Phi) is 2.48. The second-order valence-electron chi connectivity index (χ2n) is 3.74. The maximum absolute atomic E-state index is 5.65. The zero-order valence-electron chi connectivity index (χ0n) is 7.99. The van der Waals surface area contributed by atoms with Gasteiger partial charge in [0.25, 0.3) is 0 Å². The van der Waals surface area contributed by atoms with Crippen molar-refractivity contribution in [3.05, 3.63) is 24.0 Å². The number of ether oxygens (including phenoxy) is 1. The number of rotatable bonds is 3. The molecule has 2 heteroatoms. The maximum Gasteiger partial charge on any atom is 0.122 e. The summed E-state index contributed by atoms with van der Waals surface area (Å²) in [4.78, 5) is 4.12. The zero-order valence-corrected chi connectivity index (χ0v) is 7.99. The van der Waals surface area contributed by atoms with E-state index in [0.717, 1.165) is 24.0 Å². The fourth-order valence-electron chi connectivity index (χ4n) is 1.48. The van der Waals surface area contributed by atoms with Crippen LogP contribution in [0, 0.1) is 12.8 Å². The summed E-state index contributed by atoms with van der Waals surface area (Å²) < 4.78 is 5.65. The number of aromatic nitrogens is 1. The van der Waals surface area contributed by atoms with Crippen molar-refractivity contribution in [2.75, 3.05) is 6.61 Å². The van der Waals surface area contributed by atoms with Crippen molar-refractivity contribution in [2.45, 2.75) is 26.2 Å². The summed E-state index contributed by atoms with van der Waals surface area (Å²) >= 11 is 0. The summed E-state index contributed by atoms with van der Waals surface area (Å²) in [6.45, 7) is 2.86. The molecule has 1 aliphatic rings. The van der Waals surface area contributed by atoms with Gasteiger partial charge in [-0.3, -0.25) is 4.98 Å². The molecule has 0 saturated heterocycles. The van der Waals surface area contributed by atoms with Crippen LogP contribution >= 0.6 is 0 Å². The lowest BCUT2D eigenvalue weighted by molar-refractivity contribution is 0.180. The Bertz CT molecular complexity index is 281. The van der Waals surface area contributed by atoms with Gasteiger partial charge in [0, 0.05) is 18.0 Å². The number of aryl methyl sites for hydroxylation is 1. The SMILES string of the molecule is Cc1cc(OCC2CCC2)ccn1. The smallest absolute Gasteiger partial charge is 0.122 e. The molecule has 0 spiro atoms. The molecule has 1 fully saturated rings. The Morgan fingerprint density at radius 2 is 2.38 bits per heavy atom. The van der Waals surface area contributed by atoms with Crippen molar-refractivity contribution < 1.29 is 4.74 Å². The maximum atomic E-state index is 5.65. The highest BCUT2D eigenvalue weighted by atomic mass is 16.5. The minimum atomic E-state index is 0.800. The van der Waals surface area contributed by atoms with Gasteiger partial charge in [0.05, 0.1) is 6.61 Å². The molecule has 1 aromatic heterocycles. The topological polar surface area (TPSA) is 22.1 Å². The van der Waals surface area contributed by atoms with Crippen molar-refractivity contribution in [1.82, 2.24) is 4.98 Å². The number of hydrogen-bond donors (Lipinski definition) is 0. The monoisotopic (exact) mass is 177 g/mol. The lowest BCUT2D eigenvalue weighted by atomic mass is 9.86. The number of pyridine rings is 1. The van der Waals surface area contributed by atoms with E-state index < -0.39 is 0 Å². The Balaban J connectivity index is 1.86. The van der Waals surface area contributed by atoms with E-state index in [9.17, 15) is 0 Å². The lowest BCUT2D eigenvalue weighted by Gasteiger charge is -2.25. The van der Waals surface area contributed by atoms with Gasteiger partial charge < -0.3 is 4.74 Å². The number of hydrogen-bond acceptors (Lipinski definition) is 2. The van der Waals surface area contributed by atoms with Crippen molar-refractivity contribution in [2.24, 2.45) is 5.92 Å². The second-order valence-corrected chi connectivity index (χ2v) is 3.74.